The van der Waals surface area contributed by atoms with E-state index in [9.17, 15) is 9.59 Å². The van der Waals surface area contributed by atoms with E-state index < -0.39 is 6.10 Å². The fraction of sp³-hybridized carbons (Fsp3) is 0.391. The molecule has 150 valence electrons. The molecule has 0 saturated heterocycles. The lowest BCUT2D eigenvalue weighted by molar-refractivity contribution is -0.127. The molecule has 2 N–H and O–H groups in total. The van der Waals surface area contributed by atoms with Crippen LogP contribution < -0.4 is 15.4 Å². The Labute approximate surface area is 167 Å². The molecule has 5 heteroatoms. The van der Waals surface area contributed by atoms with Crippen molar-refractivity contribution in [1.29, 1.82) is 0 Å². The summed E-state index contributed by atoms with van der Waals surface area (Å²) in [7, 11) is 0. The number of carbonyl (C=O) groups is 2. The van der Waals surface area contributed by atoms with Crippen LogP contribution >= 0.6 is 0 Å². The Morgan fingerprint density at radius 1 is 0.893 bits per heavy atom. The Balaban J connectivity index is 1.73. The fourth-order valence-corrected chi connectivity index (χ4v) is 2.68. The maximum atomic E-state index is 12.2. The monoisotopic (exact) mass is 382 g/mol. The van der Waals surface area contributed by atoms with Crippen LogP contribution in [0.25, 0.3) is 0 Å². The molecule has 0 saturated carbocycles. The molecule has 28 heavy (non-hydrogen) atoms. The van der Waals surface area contributed by atoms with Gasteiger partial charge in [0, 0.05) is 18.7 Å². The maximum Gasteiger partial charge on any atom is 0.260 e. The number of rotatable bonds is 8. The molecule has 2 rings (SSSR count). The molecule has 5 nitrogen and oxygen atoms in total. The van der Waals surface area contributed by atoms with Crippen molar-refractivity contribution in [2.45, 2.75) is 46.6 Å². The van der Waals surface area contributed by atoms with Crippen LogP contribution in [0.1, 0.15) is 53.7 Å². The standard InChI is InChI=1S/C23H30N2O3/c1-15(2)19-8-10-21(11-9-19)28-18(5)22(26)24-12-13-25-23(27)20-7-6-16(3)17(4)14-20/h6-11,14-15,18H,12-13H2,1-5H3,(H,24,26)(H,25,27). The number of hydrogen-bond acceptors (Lipinski definition) is 3. The van der Waals surface area contributed by atoms with Crippen LogP contribution in [0, 0.1) is 13.8 Å². The second kappa shape index (κ2) is 9.93. The van der Waals surface area contributed by atoms with E-state index in [1.165, 1.54) is 5.56 Å². The fourth-order valence-electron chi connectivity index (χ4n) is 2.68. The highest BCUT2D eigenvalue weighted by Crippen LogP contribution is 2.19. The number of amides is 2. The molecule has 0 aliphatic rings. The van der Waals surface area contributed by atoms with E-state index in [1.54, 1.807) is 13.0 Å². The maximum absolute atomic E-state index is 12.2. The first-order valence-electron chi connectivity index (χ1n) is 9.67. The first kappa shape index (κ1) is 21.5. The minimum absolute atomic E-state index is 0.146. The van der Waals surface area contributed by atoms with E-state index in [-0.39, 0.29) is 11.8 Å². The molecule has 2 aromatic rings. The third-order valence-electron chi connectivity index (χ3n) is 4.71. The first-order chi connectivity index (χ1) is 13.3. The van der Waals surface area contributed by atoms with E-state index in [1.807, 2.05) is 50.2 Å². The normalized spacial score (nSPS) is 11.8. The Bertz CT molecular complexity index is 813. The van der Waals surface area contributed by atoms with Crippen molar-refractivity contribution in [2.75, 3.05) is 13.1 Å². The highest BCUT2D eigenvalue weighted by atomic mass is 16.5. The van der Waals surface area contributed by atoms with Crippen molar-refractivity contribution in [1.82, 2.24) is 10.6 Å². The Hall–Kier alpha value is -2.82. The molecule has 0 aromatic heterocycles. The molecule has 2 amide bonds. The number of hydrogen-bond donors (Lipinski definition) is 2. The van der Waals surface area contributed by atoms with Gasteiger partial charge in [-0.2, -0.15) is 0 Å². The van der Waals surface area contributed by atoms with E-state index in [4.69, 9.17) is 4.74 Å². The lowest BCUT2D eigenvalue weighted by Gasteiger charge is -2.15. The number of aryl methyl sites for hydroxylation is 2. The summed E-state index contributed by atoms with van der Waals surface area (Å²) in [5.41, 5.74) is 4.07. The molecule has 1 unspecified atom stereocenters. The molecule has 0 spiro atoms. The number of benzene rings is 2. The van der Waals surface area contributed by atoms with Gasteiger partial charge in [-0.25, -0.2) is 0 Å². The summed E-state index contributed by atoms with van der Waals surface area (Å²) in [5, 5.41) is 5.59. The SMILES string of the molecule is Cc1ccc(C(=O)NCCNC(=O)C(C)Oc2ccc(C(C)C)cc2)cc1C. The van der Waals surface area contributed by atoms with E-state index in [2.05, 4.69) is 24.5 Å². The second-order valence-corrected chi connectivity index (χ2v) is 7.33. The van der Waals surface area contributed by atoms with Gasteiger partial charge in [0.25, 0.3) is 11.8 Å². The van der Waals surface area contributed by atoms with Gasteiger partial charge in [0.1, 0.15) is 5.75 Å². The minimum atomic E-state index is -0.611. The summed E-state index contributed by atoms with van der Waals surface area (Å²) in [6, 6.07) is 13.4. The molecule has 1 atom stereocenters. The quantitative estimate of drug-likeness (QED) is 0.684. The summed E-state index contributed by atoms with van der Waals surface area (Å²) in [5.74, 6) is 0.754. The third-order valence-corrected chi connectivity index (χ3v) is 4.71. The van der Waals surface area contributed by atoms with Crippen molar-refractivity contribution >= 4 is 11.8 Å². The van der Waals surface area contributed by atoms with E-state index in [0.29, 0.717) is 30.3 Å². The van der Waals surface area contributed by atoms with Crippen molar-refractivity contribution in [3.63, 3.8) is 0 Å². The summed E-state index contributed by atoms with van der Waals surface area (Å²) in [4.78, 5) is 24.3. The van der Waals surface area contributed by atoms with Gasteiger partial charge in [0.2, 0.25) is 0 Å². The molecule has 0 fully saturated rings. The number of nitrogens with one attached hydrogen (secondary N) is 2. The van der Waals surface area contributed by atoms with Gasteiger partial charge in [-0.05, 0) is 67.6 Å². The predicted molar refractivity (Wildman–Crippen MR) is 112 cm³/mol. The molecule has 0 aliphatic carbocycles. The van der Waals surface area contributed by atoms with Crippen LogP contribution in [0.2, 0.25) is 0 Å². The van der Waals surface area contributed by atoms with Crippen LogP contribution in [0.15, 0.2) is 42.5 Å². The van der Waals surface area contributed by atoms with E-state index in [0.717, 1.165) is 11.1 Å². The predicted octanol–water partition coefficient (Wildman–Crippen LogP) is 3.74. The highest BCUT2D eigenvalue weighted by Gasteiger charge is 2.14. The molecule has 0 radical (unpaired) electrons. The van der Waals surface area contributed by atoms with Gasteiger partial charge in [-0.1, -0.05) is 32.0 Å². The second-order valence-electron chi connectivity index (χ2n) is 7.33. The zero-order valence-electron chi connectivity index (χ0n) is 17.3. The van der Waals surface area contributed by atoms with Crippen molar-refractivity contribution in [3.05, 3.63) is 64.7 Å². The summed E-state index contributed by atoms with van der Waals surface area (Å²) in [6.07, 6.45) is -0.611. The Kier molecular flexibility index (Phi) is 7.61. The largest absolute Gasteiger partial charge is 0.481 e. The van der Waals surface area contributed by atoms with Gasteiger partial charge in [0.15, 0.2) is 6.10 Å². The summed E-state index contributed by atoms with van der Waals surface area (Å²) in [6.45, 7) is 10.6. The van der Waals surface area contributed by atoms with Gasteiger partial charge < -0.3 is 15.4 Å². The lowest BCUT2D eigenvalue weighted by Crippen LogP contribution is -2.40. The molecular weight excluding hydrogens is 352 g/mol. The summed E-state index contributed by atoms with van der Waals surface area (Å²) >= 11 is 0. The molecule has 0 aliphatic heterocycles. The van der Waals surface area contributed by atoms with Gasteiger partial charge in [0.05, 0.1) is 0 Å². The topological polar surface area (TPSA) is 67.4 Å². The number of carbonyl (C=O) groups excluding carboxylic acids is 2. The third kappa shape index (κ3) is 6.12. The van der Waals surface area contributed by atoms with Gasteiger partial charge in [-0.15, -0.1) is 0 Å². The van der Waals surface area contributed by atoms with E-state index >= 15 is 0 Å². The zero-order valence-corrected chi connectivity index (χ0v) is 17.3. The zero-order chi connectivity index (χ0) is 20.7. The van der Waals surface area contributed by atoms with Gasteiger partial charge >= 0.3 is 0 Å². The highest BCUT2D eigenvalue weighted by molar-refractivity contribution is 5.94. The smallest absolute Gasteiger partial charge is 0.260 e. The molecule has 2 aromatic carbocycles. The average Bonchev–Trinajstić information content (AvgIpc) is 2.67. The van der Waals surface area contributed by atoms with Gasteiger partial charge in [-0.3, -0.25) is 9.59 Å². The Morgan fingerprint density at radius 3 is 2.14 bits per heavy atom. The van der Waals surface area contributed by atoms with Crippen LogP contribution in [0.5, 0.6) is 5.75 Å². The first-order valence-corrected chi connectivity index (χ1v) is 9.67. The molecule has 0 heterocycles. The Morgan fingerprint density at radius 2 is 1.54 bits per heavy atom. The molecule has 0 bridgehead atoms. The van der Waals surface area contributed by atoms with Crippen LogP contribution in [0.3, 0.4) is 0 Å². The lowest BCUT2D eigenvalue weighted by atomic mass is 10.0. The number of ether oxygens (including phenoxy) is 1. The van der Waals surface area contributed by atoms with Crippen LogP contribution in [-0.4, -0.2) is 31.0 Å². The van der Waals surface area contributed by atoms with Crippen molar-refractivity contribution in [3.8, 4) is 5.75 Å². The van der Waals surface area contributed by atoms with Crippen LogP contribution in [-0.2, 0) is 4.79 Å². The van der Waals surface area contributed by atoms with Crippen molar-refractivity contribution < 1.29 is 14.3 Å². The van der Waals surface area contributed by atoms with Crippen LogP contribution in [0.4, 0.5) is 0 Å². The molecular formula is C23H30N2O3. The minimum Gasteiger partial charge on any atom is -0.481 e. The van der Waals surface area contributed by atoms with Crippen molar-refractivity contribution in [2.24, 2.45) is 0 Å². The average molecular weight is 383 g/mol. The summed E-state index contributed by atoms with van der Waals surface area (Å²) < 4.78 is 5.68.